The van der Waals surface area contributed by atoms with Gasteiger partial charge in [-0.3, -0.25) is 30.0 Å². The minimum Gasteiger partial charge on any atom is -0.450 e. The molecule has 6 rings (SSSR count). The number of carbonyl (C=O) groups is 4. The zero-order chi connectivity index (χ0) is 40.2. The van der Waals surface area contributed by atoms with E-state index in [-0.39, 0.29) is 54.9 Å². The normalized spacial score (nSPS) is 12.3. The van der Waals surface area contributed by atoms with Crippen LogP contribution in [0.1, 0.15) is 63.8 Å². The molecule has 312 valence electrons. The summed E-state index contributed by atoms with van der Waals surface area (Å²) in [6.07, 6.45) is 2.36. The number of ether oxygens (including phenoxy) is 2. The Bertz CT molecular complexity index is 1880. The van der Waals surface area contributed by atoms with Gasteiger partial charge in [-0.2, -0.15) is 0 Å². The Balaban J connectivity index is 0.000000300. The van der Waals surface area contributed by atoms with Crippen LogP contribution < -0.4 is 31.1 Å². The molecule has 0 bridgehead atoms. The average molecular weight is 817 g/mol. The minimum atomic E-state index is -0.504. The van der Waals surface area contributed by atoms with E-state index in [0.717, 1.165) is 70.7 Å². The molecule has 0 atom stereocenters. The molecule has 0 radical (unpaired) electrons. The van der Waals surface area contributed by atoms with Crippen molar-refractivity contribution in [1.82, 2.24) is 10.6 Å². The molecule has 0 aromatic heterocycles. The van der Waals surface area contributed by atoms with E-state index in [1.807, 2.05) is 100 Å². The Morgan fingerprint density at radius 2 is 0.897 bits per heavy atom. The number of nitrogens with one attached hydrogen (secondary N) is 4. The summed E-state index contributed by atoms with van der Waals surface area (Å²) in [5.41, 5.74) is 9.01. The Hall–Kier alpha value is -5.47. The first-order valence-corrected chi connectivity index (χ1v) is 19.4. The lowest BCUT2D eigenvalue weighted by atomic mass is 10.0. The highest BCUT2D eigenvalue weighted by Gasteiger charge is 2.28. The standard InChI is InChI=1S/2C22H27N3O3.ClH.H2O/c2*1-4-28-22(27)24-18-12-11-17-10-9-16-7-5-6-8-19(16)25(20(17)13-18)21(26)14-23-15(2)3;;/h2*5-8,11-13,15,23H,4,9-10,14H2,1-3H3,(H,24,27);1H;1H2. The third-order valence-electron chi connectivity index (χ3n) is 9.31. The monoisotopic (exact) mass is 816 g/mol. The number of rotatable bonds is 10. The molecular formula is C44H57ClN6O7. The molecule has 0 spiro atoms. The summed E-state index contributed by atoms with van der Waals surface area (Å²) >= 11 is 0. The van der Waals surface area contributed by atoms with Gasteiger partial charge in [0.1, 0.15) is 0 Å². The van der Waals surface area contributed by atoms with Crippen LogP contribution in [0.25, 0.3) is 0 Å². The summed E-state index contributed by atoms with van der Waals surface area (Å²) in [5.74, 6) is -0.0600. The number of halogens is 1. The average Bonchev–Trinajstić information content (AvgIpc) is 3.44. The molecule has 2 aliphatic rings. The number of fused-ring (bicyclic) bond motifs is 4. The number of carbonyl (C=O) groups excluding carboxylic acids is 4. The molecule has 2 heterocycles. The van der Waals surface area contributed by atoms with E-state index in [1.54, 1.807) is 23.6 Å². The van der Waals surface area contributed by atoms with Crippen molar-refractivity contribution in [2.75, 3.05) is 46.7 Å². The summed E-state index contributed by atoms with van der Waals surface area (Å²) in [6, 6.07) is 27.7. The summed E-state index contributed by atoms with van der Waals surface area (Å²) in [6.45, 7) is 12.6. The van der Waals surface area contributed by atoms with Crippen molar-refractivity contribution in [2.45, 2.75) is 79.3 Å². The van der Waals surface area contributed by atoms with Crippen LogP contribution in [0.15, 0.2) is 84.9 Å². The van der Waals surface area contributed by atoms with Gasteiger partial charge in [0, 0.05) is 23.5 Å². The van der Waals surface area contributed by atoms with Gasteiger partial charge < -0.3 is 25.6 Å². The Kier molecular flexibility index (Phi) is 18.2. The van der Waals surface area contributed by atoms with E-state index < -0.39 is 12.2 Å². The van der Waals surface area contributed by atoms with Gasteiger partial charge in [-0.25, -0.2) is 9.59 Å². The van der Waals surface area contributed by atoms with Crippen molar-refractivity contribution in [3.05, 3.63) is 107 Å². The predicted octanol–water partition coefficient (Wildman–Crippen LogP) is 7.63. The van der Waals surface area contributed by atoms with Crippen molar-refractivity contribution in [2.24, 2.45) is 0 Å². The molecule has 2 aliphatic heterocycles. The number of anilines is 6. The summed E-state index contributed by atoms with van der Waals surface area (Å²) in [4.78, 5) is 53.5. The van der Waals surface area contributed by atoms with Crippen molar-refractivity contribution >= 4 is 70.5 Å². The summed E-state index contributed by atoms with van der Waals surface area (Å²) in [5, 5.41) is 11.9. The van der Waals surface area contributed by atoms with E-state index in [4.69, 9.17) is 9.47 Å². The number of hydrogen-bond donors (Lipinski definition) is 4. The van der Waals surface area contributed by atoms with Gasteiger partial charge in [0.05, 0.1) is 49.1 Å². The van der Waals surface area contributed by atoms with E-state index in [2.05, 4.69) is 33.4 Å². The third kappa shape index (κ3) is 12.3. The second-order valence-corrected chi connectivity index (χ2v) is 14.2. The van der Waals surface area contributed by atoms with Gasteiger partial charge in [0.15, 0.2) is 0 Å². The summed E-state index contributed by atoms with van der Waals surface area (Å²) in [7, 11) is 0. The zero-order valence-electron chi connectivity index (χ0n) is 34.1. The fraction of sp³-hybridized carbons (Fsp3) is 0.364. The first kappa shape index (κ1) is 46.9. The lowest BCUT2D eigenvalue weighted by Gasteiger charge is -2.26. The number of para-hydroxylation sites is 2. The highest BCUT2D eigenvalue weighted by atomic mass is 35.5. The third-order valence-corrected chi connectivity index (χ3v) is 9.31. The maximum absolute atomic E-state index is 13.2. The second kappa shape index (κ2) is 22.5. The first-order chi connectivity index (χ1) is 27.0. The number of hydrogen-bond acceptors (Lipinski definition) is 8. The number of aryl methyl sites for hydroxylation is 4. The molecule has 0 aliphatic carbocycles. The Morgan fingerprint density at radius 3 is 1.24 bits per heavy atom. The van der Waals surface area contributed by atoms with Crippen LogP contribution in [-0.2, 0) is 44.7 Å². The van der Waals surface area contributed by atoms with E-state index in [0.29, 0.717) is 24.6 Å². The molecule has 14 heteroatoms. The zero-order valence-corrected chi connectivity index (χ0v) is 35.0. The van der Waals surface area contributed by atoms with E-state index >= 15 is 0 Å². The maximum atomic E-state index is 13.2. The van der Waals surface area contributed by atoms with Crippen molar-refractivity contribution in [3.63, 3.8) is 0 Å². The predicted molar refractivity (Wildman–Crippen MR) is 233 cm³/mol. The summed E-state index contributed by atoms with van der Waals surface area (Å²) < 4.78 is 9.94. The Labute approximate surface area is 347 Å². The highest BCUT2D eigenvalue weighted by Crippen LogP contribution is 2.39. The number of benzene rings is 4. The first-order valence-electron chi connectivity index (χ1n) is 19.4. The van der Waals surface area contributed by atoms with Gasteiger partial charge in [0.2, 0.25) is 11.8 Å². The van der Waals surface area contributed by atoms with Gasteiger partial charge >= 0.3 is 12.2 Å². The number of amides is 4. The minimum absolute atomic E-state index is 0. The van der Waals surface area contributed by atoms with Crippen LogP contribution in [0.3, 0.4) is 0 Å². The van der Waals surface area contributed by atoms with E-state index in [1.165, 1.54) is 0 Å². The Morgan fingerprint density at radius 1 is 0.552 bits per heavy atom. The quantitative estimate of drug-likeness (QED) is 0.127. The molecule has 4 aromatic carbocycles. The van der Waals surface area contributed by atoms with Crippen LogP contribution >= 0.6 is 12.4 Å². The number of nitrogens with zero attached hydrogens (tertiary/aromatic N) is 2. The molecule has 0 saturated carbocycles. The highest BCUT2D eigenvalue weighted by molar-refractivity contribution is 6.05. The molecule has 4 aromatic rings. The van der Waals surface area contributed by atoms with Crippen molar-refractivity contribution in [3.8, 4) is 0 Å². The van der Waals surface area contributed by atoms with E-state index in [9.17, 15) is 19.2 Å². The van der Waals surface area contributed by atoms with Crippen molar-refractivity contribution in [1.29, 1.82) is 0 Å². The van der Waals surface area contributed by atoms with Crippen LogP contribution in [0.2, 0.25) is 0 Å². The van der Waals surface area contributed by atoms with Crippen LogP contribution in [0.5, 0.6) is 0 Å². The molecule has 13 nitrogen and oxygen atoms in total. The second-order valence-electron chi connectivity index (χ2n) is 14.2. The largest absolute Gasteiger partial charge is 0.450 e. The fourth-order valence-corrected chi connectivity index (χ4v) is 6.65. The molecule has 6 N–H and O–H groups in total. The molecule has 58 heavy (non-hydrogen) atoms. The van der Waals surface area contributed by atoms with Gasteiger partial charge in [0.25, 0.3) is 0 Å². The topological polar surface area (TPSA) is 173 Å². The van der Waals surface area contributed by atoms with Crippen molar-refractivity contribution < 1.29 is 34.1 Å². The van der Waals surface area contributed by atoms with Gasteiger partial charge in [-0.1, -0.05) is 76.2 Å². The SMILES string of the molecule is CCOC(=O)Nc1ccc2c(c1)N(C(=O)CNC(C)C)c1ccccc1CC2.CCOC(=O)Nc1ccc2c(c1)N(C(=O)CNC(C)C)c1ccccc1CC2.Cl.O. The molecule has 0 fully saturated rings. The van der Waals surface area contributed by atoms with Crippen LogP contribution in [0, 0.1) is 0 Å². The smallest absolute Gasteiger partial charge is 0.411 e. The lowest BCUT2D eigenvalue weighted by Crippen LogP contribution is -2.38. The molecule has 4 amide bonds. The van der Waals surface area contributed by atoms with Crippen LogP contribution in [0.4, 0.5) is 43.7 Å². The van der Waals surface area contributed by atoms with Crippen LogP contribution in [-0.4, -0.2) is 67.9 Å². The van der Waals surface area contributed by atoms with Gasteiger partial charge in [-0.15, -0.1) is 12.4 Å². The molecular weight excluding hydrogens is 760 g/mol. The lowest BCUT2D eigenvalue weighted by molar-refractivity contribution is -0.118. The molecule has 0 saturated heterocycles. The fourth-order valence-electron chi connectivity index (χ4n) is 6.65. The van der Waals surface area contributed by atoms with Gasteiger partial charge in [-0.05, 0) is 98.2 Å². The maximum Gasteiger partial charge on any atom is 0.411 e. The molecule has 0 unspecified atom stereocenters.